The molecule has 6 heteroatoms. The number of methoxy groups -OCH3 is 1. The molecule has 1 aliphatic rings. The molecule has 0 radical (unpaired) electrons. The normalized spacial score (nSPS) is 16.3. The van der Waals surface area contributed by atoms with Gasteiger partial charge in [-0.05, 0) is 0 Å². The molecule has 1 aromatic rings. The predicted octanol–water partition coefficient (Wildman–Crippen LogP) is 1.01. The highest BCUT2D eigenvalue weighted by molar-refractivity contribution is 5.95. The number of hydrogen-bond donors (Lipinski definition) is 1. The molecule has 1 fully saturated rings. The third-order valence-electron chi connectivity index (χ3n) is 2.77. The summed E-state index contributed by atoms with van der Waals surface area (Å²) in [6.07, 6.45) is 3.11. The minimum Gasteiger partial charge on any atom is -0.474 e. The van der Waals surface area contributed by atoms with Gasteiger partial charge in [0.05, 0.1) is 37.8 Å². The number of hydrogen-bond acceptors (Lipinski definition) is 6. The van der Waals surface area contributed by atoms with Gasteiger partial charge in [-0.2, -0.15) is 0 Å². The van der Waals surface area contributed by atoms with Crippen molar-refractivity contribution < 1.29 is 19.0 Å². The molecule has 0 unspecified atom stereocenters. The molecule has 0 atom stereocenters. The zero-order valence-corrected chi connectivity index (χ0v) is 10.2. The number of rotatable bonds is 3. The molecule has 2 heterocycles. The highest BCUT2D eigenvalue weighted by Crippen LogP contribution is 2.20. The second-order valence-corrected chi connectivity index (χ2v) is 4.03. The van der Waals surface area contributed by atoms with Gasteiger partial charge in [-0.25, -0.2) is 9.78 Å². The van der Waals surface area contributed by atoms with Gasteiger partial charge >= 0.3 is 5.97 Å². The van der Waals surface area contributed by atoms with E-state index in [1.54, 1.807) is 0 Å². The summed E-state index contributed by atoms with van der Waals surface area (Å²) in [6, 6.07) is 1.51. The lowest BCUT2D eigenvalue weighted by Crippen LogP contribution is -2.26. The molecule has 0 saturated carbocycles. The quantitative estimate of drug-likeness (QED) is 0.808. The Morgan fingerprint density at radius 2 is 2.22 bits per heavy atom. The maximum atomic E-state index is 11.5. The largest absolute Gasteiger partial charge is 0.474 e. The molecule has 0 aromatic carbocycles. The van der Waals surface area contributed by atoms with Crippen LogP contribution in [0.5, 0.6) is 5.88 Å². The number of ether oxygens (including phenoxy) is 3. The van der Waals surface area contributed by atoms with Crippen molar-refractivity contribution in [3.8, 4) is 5.88 Å². The summed E-state index contributed by atoms with van der Waals surface area (Å²) in [4.78, 5) is 15.5. The number of pyridine rings is 1. The lowest BCUT2D eigenvalue weighted by Gasteiger charge is -2.22. The first-order valence-electron chi connectivity index (χ1n) is 5.79. The molecule has 0 aliphatic carbocycles. The Morgan fingerprint density at radius 3 is 2.89 bits per heavy atom. The van der Waals surface area contributed by atoms with Crippen LogP contribution < -0.4 is 10.5 Å². The molecular weight excluding hydrogens is 236 g/mol. The van der Waals surface area contributed by atoms with Gasteiger partial charge < -0.3 is 19.9 Å². The lowest BCUT2D eigenvalue weighted by molar-refractivity contribution is 0.0236. The lowest BCUT2D eigenvalue weighted by atomic mass is 10.1. The highest BCUT2D eigenvalue weighted by atomic mass is 16.5. The van der Waals surface area contributed by atoms with E-state index in [-0.39, 0.29) is 17.4 Å². The SMILES string of the molecule is COC(=O)c1cc(OC2CCOCC2)ncc1N. The Bertz CT molecular complexity index is 430. The second-order valence-electron chi connectivity index (χ2n) is 4.03. The first kappa shape index (κ1) is 12.6. The van der Waals surface area contributed by atoms with Crippen LogP contribution in [0.25, 0.3) is 0 Å². The van der Waals surface area contributed by atoms with Crippen LogP contribution in [-0.4, -0.2) is 37.4 Å². The minimum atomic E-state index is -0.494. The van der Waals surface area contributed by atoms with E-state index in [0.29, 0.717) is 19.1 Å². The standard InChI is InChI=1S/C12H16N2O4/c1-16-12(15)9-6-11(14-7-10(9)13)18-8-2-4-17-5-3-8/h6-8H,2-5,13H2,1H3. The van der Waals surface area contributed by atoms with E-state index in [1.165, 1.54) is 19.4 Å². The average molecular weight is 252 g/mol. The summed E-state index contributed by atoms with van der Waals surface area (Å²) in [7, 11) is 1.31. The molecule has 1 saturated heterocycles. The van der Waals surface area contributed by atoms with Gasteiger partial charge in [0.15, 0.2) is 0 Å². The second kappa shape index (κ2) is 5.68. The Balaban J connectivity index is 2.11. The molecule has 2 rings (SSSR count). The van der Waals surface area contributed by atoms with Crippen LogP contribution in [0, 0.1) is 0 Å². The Morgan fingerprint density at radius 1 is 1.50 bits per heavy atom. The zero-order valence-electron chi connectivity index (χ0n) is 10.2. The molecule has 1 aliphatic heterocycles. The summed E-state index contributed by atoms with van der Waals surface area (Å²) in [5.41, 5.74) is 6.21. The zero-order chi connectivity index (χ0) is 13.0. The van der Waals surface area contributed by atoms with Gasteiger partial charge in [-0.15, -0.1) is 0 Å². The van der Waals surface area contributed by atoms with E-state index in [0.717, 1.165) is 12.8 Å². The number of nitrogens with zero attached hydrogens (tertiary/aromatic N) is 1. The molecule has 6 nitrogen and oxygen atoms in total. The number of nitrogens with two attached hydrogens (primary N) is 1. The van der Waals surface area contributed by atoms with E-state index in [9.17, 15) is 4.79 Å². The monoisotopic (exact) mass is 252 g/mol. The van der Waals surface area contributed by atoms with Crippen LogP contribution >= 0.6 is 0 Å². The summed E-state index contributed by atoms with van der Waals surface area (Å²) in [6.45, 7) is 1.37. The topological polar surface area (TPSA) is 83.7 Å². The van der Waals surface area contributed by atoms with Crippen molar-refractivity contribution in [1.29, 1.82) is 0 Å². The number of carbonyl (C=O) groups excluding carboxylic acids is 1. The van der Waals surface area contributed by atoms with E-state index < -0.39 is 5.97 Å². The first-order valence-corrected chi connectivity index (χ1v) is 5.79. The van der Waals surface area contributed by atoms with Gasteiger partial charge in [0, 0.05) is 18.9 Å². The summed E-state index contributed by atoms with van der Waals surface area (Å²) < 4.78 is 15.6. The molecule has 1 aromatic heterocycles. The van der Waals surface area contributed by atoms with Crippen LogP contribution in [0.3, 0.4) is 0 Å². The maximum Gasteiger partial charge on any atom is 0.340 e. The number of anilines is 1. The summed E-state index contributed by atoms with van der Waals surface area (Å²) in [5.74, 6) is -0.108. The molecule has 98 valence electrons. The fraction of sp³-hybridized carbons (Fsp3) is 0.500. The summed E-state index contributed by atoms with van der Waals surface area (Å²) in [5, 5.41) is 0. The molecule has 2 N–H and O–H groups in total. The predicted molar refractivity (Wildman–Crippen MR) is 64.5 cm³/mol. The third kappa shape index (κ3) is 2.89. The van der Waals surface area contributed by atoms with E-state index in [4.69, 9.17) is 15.2 Å². The van der Waals surface area contributed by atoms with Crippen molar-refractivity contribution in [1.82, 2.24) is 4.98 Å². The van der Waals surface area contributed by atoms with Crippen LogP contribution in [0.1, 0.15) is 23.2 Å². The molecule has 0 amide bonds. The molecular formula is C12H16N2O4. The fourth-order valence-electron chi connectivity index (χ4n) is 1.76. The third-order valence-corrected chi connectivity index (χ3v) is 2.77. The van der Waals surface area contributed by atoms with Crippen molar-refractivity contribution in [2.45, 2.75) is 18.9 Å². The average Bonchev–Trinajstić information content (AvgIpc) is 2.41. The van der Waals surface area contributed by atoms with Crippen molar-refractivity contribution in [3.63, 3.8) is 0 Å². The fourth-order valence-corrected chi connectivity index (χ4v) is 1.76. The number of carbonyl (C=O) groups is 1. The molecule has 0 spiro atoms. The van der Waals surface area contributed by atoms with Crippen molar-refractivity contribution in [2.75, 3.05) is 26.1 Å². The maximum absolute atomic E-state index is 11.5. The smallest absolute Gasteiger partial charge is 0.340 e. The van der Waals surface area contributed by atoms with Crippen molar-refractivity contribution in [2.24, 2.45) is 0 Å². The van der Waals surface area contributed by atoms with E-state index >= 15 is 0 Å². The summed E-state index contributed by atoms with van der Waals surface area (Å²) >= 11 is 0. The van der Waals surface area contributed by atoms with Crippen molar-refractivity contribution >= 4 is 11.7 Å². The number of nitrogen functional groups attached to an aromatic ring is 1. The van der Waals surface area contributed by atoms with E-state index in [2.05, 4.69) is 9.72 Å². The number of aromatic nitrogens is 1. The minimum absolute atomic E-state index is 0.0698. The Labute approximate surface area is 105 Å². The van der Waals surface area contributed by atoms with Gasteiger partial charge in [-0.3, -0.25) is 0 Å². The highest BCUT2D eigenvalue weighted by Gasteiger charge is 2.18. The Kier molecular flexibility index (Phi) is 3.99. The van der Waals surface area contributed by atoms with E-state index in [1.807, 2.05) is 0 Å². The number of esters is 1. The molecule has 0 bridgehead atoms. The molecule has 18 heavy (non-hydrogen) atoms. The van der Waals surface area contributed by atoms with Crippen LogP contribution in [0.15, 0.2) is 12.3 Å². The van der Waals surface area contributed by atoms with Gasteiger partial charge in [0.1, 0.15) is 6.10 Å². The van der Waals surface area contributed by atoms with Crippen LogP contribution in [-0.2, 0) is 9.47 Å². The van der Waals surface area contributed by atoms with Crippen LogP contribution in [0.2, 0.25) is 0 Å². The van der Waals surface area contributed by atoms with Crippen LogP contribution in [0.4, 0.5) is 5.69 Å². The van der Waals surface area contributed by atoms with Crippen molar-refractivity contribution in [3.05, 3.63) is 17.8 Å². The van der Waals surface area contributed by atoms with Gasteiger partial charge in [-0.1, -0.05) is 0 Å². The Hall–Kier alpha value is -1.82. The van der Waals surface area contributed by atoms with Gasteiger partial charge in [0.2, 0.25) is 5.88 Å². The first-order chi connectivity index (χ1) is 8.70. The van der Waals surface area contributed by atoms with Gasteiger partial charge in [0.25, 0.3) is 0 Å².